The number of nitrogens with one attached hydrogen (secondary N) is 1. The van der Waals surface area contributed by atoms with E-state index in [1.165, 1.54) is 24.4 Å². The first-order chi connectivity index (χ1) is 26.3. The maximum atomic E-state index is 13.3. The molecule has 14 heteroatoms. The molecule has 1 aromatic heterocycles. The van der Waals surface area contributed by atoms with Crippen LogP contribution >= 0.6 is 0 Å². The zero-order valence-electron chi connectivity index (χ0n) is 30.8. The molecule has 1 unspecified atom stereocenters. The van der Waals surface area contributed by atoms with Gasteiger partial charge in [-0.15, -0.1) is 0 Å². The highest BCUT2D eigenvalue weighted by molar-refractivity contribution is 5.85. The molecule has 4 aromatic carbocycles. The van der Waals surface area contributed by atoms with Crippen molar-refractivity contribution in [3.05, 3.63) is 125 Å². The van der Waals surface area contributed by atoms with Crippen LogP contribution in [0.5, 0.6) is 17.2 Å². The summed E-state index contributed by atoms with van der Waals surface area (Å²) in [5, 5.41) is 18.8. The first-order valence-corrected chi connectivity index (χ1v) is 17.8. The molecule has 0 saturated carbocycles. The third kappa shape index (κ3) is 10.7. The van der Waals surface area contributed by atoms with Gasteiger partial charge in [0.15, 0.2) is 0 Å². The highest BCUT2D eigenvalue weighted by Gasteiger charge is 2.34. The van der Waals surface area contributed by atoms with E-state index in [2.05, 4.69) is 46.3 Å². The number of alkyl halides is 3. The van der Waals surface area contributed by atoms with Crippen molar-refractivity contribution in [2.75, 3.05) is 32.7 Å². The van der Waals surface area contributed by atoms with E-state index in [4.69, 9.17) is 14.0 Å². The van der Waals surface area contributed by atoms with Crippen LogP contribution in [-0.2, 0) is 24.1 Å². The van der Waals surface area contributed by atoms with Gasteiger partial charge in [-0.3, -0.25) is 14.6 Å². The second-order valence-corrected chi connectivity index (χ2v) is 14.3. The summed E-state index contributed by atoms with van der Waals surface area (Å²) in [6, 6.07) is 27.1. The van der Waals surface area contributed by atoms with Gasteiger partial charge in [0.05, 0.1) is 24.9 Å². The number of halogens is 3. The molecule has 2 heterocycles. The normalized spacial score (nSPS) is 14.9. The van der Waals surface area contributed by atoms with Gasteiger partial charge >= 0.3 is 6.18 Å². The lowest BCUT2D eigenvalue weighted by molar-refractivity contribution is -0.139. The molecule has 288 valence electrons. The van der Waals surface area contributed by atoms with Crippen molar-refractivity contribution in [1.29, 1.82) is 0 Å². The van der Waals surface area contributed by atoms with Crippen LogP contribution in [0.25, 0.3) is 11.4 Å². The molecule has 0 aliphatic carbocycles. The monoisotopic (exact) mass is 756 g/mol. The Morgan fingerprint density at radius 2 is 1.64 bits per heavy atom. The van der Waals surface area contributed by atoms with Gasteiger partial charge in [0.2, 0.25) is 11.7 Å². The average Bonchev–Trinajstić information content (AvgIpc) is 3.63. The number of carbonyl (C=O) groups is 1. The Hall–Kier alpha value is -5.73. The molecule has 1 aliphatic heterocycles. The number of rotatable bonds is 13. The molecule has 0 radical (unpaired) electrons. The maximum absolute atomic E-state index is 13.3. The molecule has 6 rings (SSSR count). The molecule has 11 nitrogen and oxygen atoms in total. The number of aromatic hydroxyl groups is 1. The molecule has 1 aliphatic rings. The van der Waals surface area contributed by atoms with Gasteiger partial charge in [-0.05, 0) is 35.4 Å². The number of hydrogen-bond acceptors (Lipinski definition) is 10. The molecule has 55 heavy (non-hydrogen) atoms. The number of aromatic nitrogens is 2. The number of ether oxygens (including phenoxy) is 2. The van der Waals surface area contributed by atoms with Gasteiger partial charge in [-0.25, -0.2) is 5.43 Å². The van der Waals surface area contributed by atoms with Gasteiger partial charge in [-0.2, -0.15) is 23.3 Å². The van der Waals surface area contributed by atoms with Gasteiger partial charge in [0.1, 0.15) is 30.0 Å². The minimum absolute atomic E-state index is 0.0168. The lowest BCUT2D eigenvalue weighted by Gasteiger charge is -2.33. The second-order valence-electron chi connectivity index (χ2n) is 14.3. The predicted molar refractivity (Wildman–Crippen MR) is 200 cm³/mol. The highest BCUT2D eigenvalue weighted by atomic mass is 19.4. The van der Waals surface area contributed by atoms with E-state index in [9.17, 15) is 23.1 Å². The van der Waals surface area contributed by atoms with Gasteiger partial charge < -0.3 is 19.1 Å². The molecule has 1 saturated heterocycles. The molecule has 1 amide bonds. The zero-order chi connectivity index (χ0) is 39.0. The summed E-state index contributed by atoms with van der Waals surface area (Å²) in [6.07, 6.45) is -3.33. The van der Waals surface area contributed by atoms with E-state index in [0.29, 0.717) is 66.9 Å². The number of phenols is 1. The topological polar surface area (TPSA) is 126 Å². The fraction of sp³-hybridized carbons (Fsp3) is 0.317. The molecular weight excluding hydrogens is 713 g/mol. The summed E-state index contributed by atoms with van der Waals surface area (Å²) >= 11 is 0. The van der Waals surface area contributed by atoms with E-state index in [1.807, 2.05) is 35.2 Å². The second kappa shape index (κ2) is 17.2. The molecular formula is C41H43F3N6O5. The van der Waals surface area contributed by atoms with Crippen molar-refractivity contribution in [3.8, 4) is 28.6 Å². The summed E-state index contributed by atoms with van der Waals surface area (Å²) in [5.74, 6) is 0.851. The van der Waals surface area contributed by atoms with E-state index in [-0.39, 0.29) is 42.1 Å². The molecule has 0 spiro atoms. The third-order valence-corrected chi connectivity index (χ3v) is 9.00. The van der Waals surface area contributed by atoms with Crippen molar-refractivity contribution < 1.29 is 37.1 Å². The van der Waals surface area contributed by atoms with Crippen LogP contribution in [0.2, 0.25) is 0 Å². The fourth-order valence-corrected chi connectivity index (χ4v) is 6.10. The van der Waals surface area contributed by atoms with Crippen LogP contribution < -0.4 is 14.9 Å². The van der Waals surface area contributed by atoms with E-state index in [0.717, 1.165) is 11.6 Å². The lowest BCUT2D eigenvalue weighted by atomic mass is 9.84. The van der Waals surface area contributed by atoms with Crippen LogP contribution in [0.1, 0.15) is 55.0 Å². The molecule has 1 atom stereocenters. The zero-order valence-corrected chi connectivity index (χ0v) is 30.8. The van der Waals surface area contributed by atoms with Crippen molar-refractivity contribution in [1.82, 2.24) is 25.4 Å². The number of amides is 1. The van der Waals surface area contributed by atoms with Gasteiger partial charge in [0.25, 0.3) is 5.91 Å². The highest BCUT2D eigenvalue weighted by Crippen LogP contribution is 2.38. The van der Waals surface area contributed by atoms with Crippen LogP contribution in [0.4, 0.5) is 13.2 Å². The largest absolute Gasteiger partial charge is 0.507 e. The molecule has 2 N–H and O–H groups in total. The van der Waals surface area contributed by atoms with E-state index >= 15 is 0 Å². The quantitative estimate of drug-likeness (QED) is 0.0930. The number of benzene rings is 4. The first kappa shape index (κ1) is 39.0. The third-order valence-electron chi connectivity index (χ3n) is 9.00. The van der Waals surface area contributed by atoms with Gasteiger partial charge in [0, 0.05) is 48.8 Å². The Morgan fingerprint density at radius 1 is 0.945 bits per heavy atom. The van der Waals surface area contributed by atoms with Crippen molar-refractivity contribution in [2.45, 2.75) is 46.2 Å². The molecule has 1 fully saturated rings. The van der Waals surface area contributed by atoms with Crippen molar-refractivity contribution in [2.24, 2.45) is 10.5 Å². The fourth-order valence-electron chi connectivity index (χ4n) is 6.10. The first-order valence-electron chi connectivity index (χ1n) is 17.8. The number of hydrogen-bond donors (Lipinski definition) is 2. The SMILES string of the molecule is CC(C)(C)C(Oc1ccc(/C=N/NC(=O)CN2CCN(Cc3nc(-c4ccc(COc5ccccc5C(F)(F)F)cc4)no3)CC2)c(O)c1)c1ccccc1. The summed E-state index contributed by atoms with van der Waals surface area (Å²) < 4.78 is 57.0. The minimum Gasteiger partial charge on any atom is -0.507 e. The average molecular weight is 757 g/mol. The summed E-state index contributed by atoms with van der Waals surface area (Å²) in [5.41, 5.74) is 4.39. The predicted octanol–water partition coefficient (Wildman–Crippen LogP) is 7.47. The molecule has 0 bridgehead atoms. The van der Waals surface area contributed by atoms with Crippen molar-refractivity contribution >= 4 is 12.1 Å². The summed E-state index contributed by atoms with van der Waals surface area (Å²) in [4.78, 5) is 21.3. The summed E-state index contributed by atoms with van der Waals surface area (Å²) in [6.45, 7) is 9.54. The van der Waals surface area contributed by atoms with Crippen LogP contribution in [0.15, 0.2) is 107 Å². The minimum atomic E-state index is -4.50. The van der Waals surface area contributed by atoms with E-state index < -0.39 is 11.7 Å². The number of hydrazone groups is 1. The Balaban J connectivity index is 0.922. The van der Waals surface area contributed by atoms with Crippen LogP contribution in [0, 0.1) is 5.41 Å². The smallest absolute Gasteiger partial charge is 0.419 e. The summed E-state index contributed by atoms with van der Waals surface area (Å²) in [7, 11) is 0. The van der Waals surface area contributed by atoms with Crippen LogP contribution in [-0.4, -0.2) is 69.9 Å². The Bertz CT molecular complexity index is 2060. The van der Waals surface area contributed by atoms with Gasteiger partial charge in [-0.1, -0.05) is 92.7 Å². The standard InChI is InChI=1S/C41H43F3N6O5/c1-40(2,3)38(29-9-5-4-6-10-29)54-32-18-17-31(34(51)23-32)24-45-47-36(52)25-49-19-21-50(22-20-49)26-37-46-39(48-55-37)30-15-13-28(14-16-30)27-53-35-12-8-7-11-33(35)41(42,43)44/h4-18,23-24,38,51H,19-22,25-27H2,1-3H3,(H,47,52)/b45-24+. The number of nitrogens with zero attached hydrogens (tertiary/aromatic N) is 5. The number of carbonyl (C=O) groups excluding carboxylic acids is 1. The number of phenolic OH excluding ortho intramolecular Hbond substituents is 1. The maximum Gasteiger partial charge on any atom is 0.419 e. The Morgan fingerprint density at radius 3 is 2.33 bits per heavy atom. The number of para-hydroxylation sites is 1. The lowest BCUT2D eigenvalue weighted by Crippen LogP contribution is -2.48. The van der Waals surface area contributed by atoms with Crippen LogP contribution in [0.3, 0.4) is 0 Å². The Kier molecular flexibility index (Phi) is 12.2. The van der Waals surface area contributed by atoms with E-state index in [1.54, 1.807) is 42.5 Å². The molecule has 5 aromatic rings. The number of piperazine rings is 1. The van der Waals surface area contributed by atoms with Crippen molar-refractivity contribution in [3.63, 3.8) is 0 Å². The Labute approximate surface area is 317 Å².